The quantitative estimate of drug-likeness (QED) is 0.809. The second-order valence-corrected chi connectivity index (χ2v) is 6.46. The van der Waals surface area contributed by atoms with Crippen molar-refractivity contribution in [3.05, 3.63) is 58.5 Å². The molecule has 2 nitrogen and oxygen atoms in total. The first-order chi connectivity index (χ1) is 9.63. The molecule has 0 aliphatic carbocycles. The second-order valence-electron chi connectivity index (χ2n) is 5.54. The summed E-state index contributed by atoms with van der Waals surface area (Å²) in [7, 11) is 0. The van der Waals surface area contributed by atoms with Crippen molar-refractivity contribution in [2.24, 2.45) is 5.92 Å². The molecule has 0 saturated heterocycles. The number of hydrogen-bond acceptors (Lipinski definition) is 2. The molecular weight excluding hydrogens is 314 g/mol. The predicted molar refractivity (Wildman–Crippen MR) is 86.9 cm³/mol. The van der Waals surface area contributed by atoms with Crippen molar-refractivity contribution in [3.63, 3.8) is 0 Å². The van der Waals surface area contributed by atoms with Gasteiger partial charge >= 0.3 is 0 Å². The van der Waals surface area contributed by atoms with Crippen LogP contribution < -0.4 is 5.32 Å². The van der Waals surface area contributed by atoms with Crippen molar-refractivity contribution >= 4 is 15.9 Å². The van der Waals surface area contributed by atoms with Crippen LogP contribution in [0.2, 0.25) is 0 Å². The van der Waals surface area contributed by atoms with Gasteiger partial charge in [0.15, 0.2) is 0 Å². The fraction of sp³-hybridized carbons (Fsp3) is 0.412. The van der Waals surface area contributed by atoms with Crippen molar-refractivity contribution in [1.29, 1.82) is 0 Å². The summed E-state index contributed by atoms with van der Waals surface area (Å²) in [4.78, 5) is 0. The van der Waals surface area contributed by atoms with Gasteiger partial charge in [0, 0.05) is 16.9 Å². The average Bonchev–Trinajstić information content (AvgIpc) is 2.91. The highest BCUT2D eigenvalue weighted by atomic mass is 79.9. The lowest BCUT2D eigenvalue weighted by atomic mass is 9.95. The molecule has 1 aromatic heterocycles. The molecule has 0 aliphatic heterocycles. The van der Waals surface area contributed by atoms with E-state index in [9.17, 15) is 0 Å². The molecule has 1 unspecified atom stereocenters. The summed E-state index contributed by atoms with van der Waals surface area (Å²) >= 11 is 3.48. The number of furan rings is 1. The Morgan fingerprint density at radius 1 is 1.10 bits per heavy atom. The molecule has 1 aromatic carbocycles. The van der Waals surface area contributed by atoms with E-state index in [0.29, 0.717) is 12.0 Å². The van der Waals surface area contributed by atoms with E-state index in [1.54, 1.807) is 6.26 Å². The third-order valence-electron chi connectivity index (χ3n) is 3.32. The highest BCUT2D eigenvalue weighted by molar-refractivity contribution is 9.10. The third kappa shape index (κ3) is 5.14. The maximum absolute atomic E-state index is 5.49. The molecule has 0 spiro atoms. The normalized spacial score (nSPS) is 12.8. The molecule has 108 valence electrons. The van der Waals surface area contributed by atoms with Crippen LogP contribution in [-0.2, 0) is 12.8 Å². The molecule has 0 bridgehead atoms. The first-order valence-electron chi connectivity index (χ1n) is 7.13. The number of halogens is 1. The van der Waals surface area contributed by atoms with Crippen molar-refractivity contribution < 1.29 is 4.42 Å². The Balaban J connectivity index is 1.99. The van der Waals surface area contributed by atoms with Gasteiger partial charge in [-0.2, -0.15) is 0 Å². The Kier molecular flexibility index (Phi) is 5.86. The minimum atomic E-state index is 0.513. The van der Waals surface area contributed by atoms with E-state index in [4.69, 9.17) is 4.42 Å². The summed E-state index contributed by atoms with van der Waals surface area (Å²) in [5, 5.41) is 3.54. The van der Waals surface area contributed by atoms with E-state index < -0.39 is 0 Å². The molecule has 1 heterocycles. The molecule has 20 heavy (non-hydrogen) atoms. The molecule has 3 heteroatoms. The highest BCUT2D eigenvalue weighted by Crippen LogP contribution is 2.17. The maximum atomic E-state index is 5.49. The first kappa shape index (κ1) is 15.3. The van der Waals surface area contributed by atoms with E-state index in [1.807, 2.05) is 6.07 Å². The average molecular weight is 336 g/mol. The van der Waals surface area contributed by atoms with Gasteiger partial charge in [-0.05, 0) is 48.7 Å². The molecule has 2 aromatic rings. The Hall–Kier alpha value is -1.06. The number of benzene rings is 1. The van der Waals surface area contributed by atoms with Gasteiger partial charge in [-0.25, -0.2) is 0 Å². The molecule has 0 saturated carbocycles. The van der Waals surface area contributed by atoms with Gasteiger partial charge in [0.2, 0.25) is 0 Å². The van der Waals surface area contributed by atoms with Crippen LogP contribution in [0, 0.1) is 5.92 Å². The SMILES string of the molecule is CC(C)NCC(Cc1ccc(Br)cc1)Cc1ccco1. The standard InChI is InChI=1S/C17H22BrNO/c1-13(2)19-12-15(11-17-4-3-9-20-17)10-14-5-7-16(18)8-6-14/h3-9,13,15,19H,10-12H2,1-2H3. The Labute approximate surface area is 129 Å². The van der Waals surface area contributed by atoms with Gasteiger partial charge < -0.3 is 9.73 Å². The van der Waals surface area contributed by atoms with Crippen LogP contribution in [-0.4, -0.2) is 12.6 Å². The van der Waals surface area contributed by atoms with Crippen LogP contribution in [0.1, 0.15) is 25.2 Å². The Bertz CT molecular complexity index is 490. The molecule has 0 amide bonds. The van der Waals surface area contributed by atoms with Crippen molar-refractivity contribution in [3.8, 4) is 0 Å². The van der Waals surface area contributed by atoms with Crippen LogP contribution >= 0.6 is 15.9 Å². The summed E-state index contributed by atoms with van der Waals surface area (Å²) < 4.78 is 6.62. The molecule has 1 atom stereocenters. The maximum Gasteiger partial charge on any atom is 0.104 e. The minimum absolute atomic E-state index is 0.513. The van der Waals surface area contributed by atoms with Gasteiger partial charge in [0.25, 0.3) is 0 Å². The summed E-state index contributed by atoms with van der Waals surface area (Å²) in [6.07, 6.45) is 3.79. The van der Waals surface area contributed by atoms with Crippen LogP contribution in [0.4, 0.5) is 0 Å². The van der Waals surface area contributed by atoms with E-state index in [2.05, 4.69) is 65.4 Å². The van der Waals surface area contributed by atoms with E-state index in [0.717, 1.165) is 29.6 Å². The van der Waals surface area contributed by atoms with Crippen molar-refractivity contribution in [2.45, 2.75) is 32.7 Å². The van der Waals surface area contributed by atoms with Crippen molar-refractivity contribution in [1.82, 2.24) is 5.32 Å². The van der Waals surface area contributed by atoms with Gasteiger partial charge in [-0.1, -0.05) is 41.9 Å². The number of rotatable bonds is 7. The van der Waals surface area contributed by atoms with Crippen LogP contribution in [0.3, 0.4) is 0 Å². The summed E-state index contributed by atoms with van der Waals surface area (Å²) in [5.74, 6) is 1.61. The van der Waals surface area contributed by atoms with Crippen molar-refractivity contribution in [2.75, 3.05) is 6.54 Å². The summed E-state index contributed by atoms with van der Waals surface area (Å²) in [6, 6.07) is 13.1. The van der Waals surface area contributed by atoms with E-state index in [-0.39, 0.29) is 0 Å². The zero-order valence-electron chi connectivity index (χ0n) is 12.1. The minimum Gasteiger partial charge on any atom is -0.469 e. The molecular formula is C17H22BrNO. The lowest BCUT2D eigenvalue weighted by molar-refractivity contribution is 0.402. The highest BCUT2D eigenvalue weighted by Gasteiger charge is 2.13. The third-order valence-corrected chi connectivity index (χ3v) is 3.85. The van der Waals surface area contributed by atoms with Crippen LogP contribution in [0.5, 0.6) is 0 Å². The largest absolute Gasteiger partial charge is 0.469 e. The zero-order valence-corrected chi connectivity index (χ0v) is 13.7. The lowest BCUT2D eigenvalue weighted by Crippen LogP contribution is -2.31. The summed E-state index contributed by atoms with van der Waals surface area (Å²) in [6.45, 7) is 5.38. The summed E-state index contributed by atoms with van der Waals surface area (Å²) in [5.41, 5.74) is 1.37. The van der Waals surface area contributed by atoms with Gasteiger partial charge in [0.1, 0.15) is 5.76 Å². The molecule has 0 fully saturated rings. The van der Waals surface area contributed by atoms with Gasteiger partial charge in [-0.15, -0.1) is 0 Å². The van der Waals surface area contributed by atoms with E-state index in [1.165, 1.54) is 5.56 Å². The number of hydrogen-bond donors (Lipinski definition) is 1. The number of nitrogens with one attached hydrogen (secondary N) is 1. The molecule has 2 rings (SSSR count). The Morgan fingerprint density at radius 3 is 2.45 bits per heavy atom. The molecule has 1 N–H and O–H groups in total. The van der Waals surface area contributed by atoms with Crippen LogP contribution in [0.15, 0.2) is 51.6 Å². The molecule has 0 aliphatic rings. The predicted octanol–water partition coefficient (Wildman–Crippen LogP) is 4.44. The fourth-order valence-electron chi connectivity index (χ4n) is 2.29. The van der Waals surface area contributed by atoms with E-state index >= 15 is 0 Å². The topological polar surface area (TPSA) is 25.2 Å². The monoisotopic (exact) mass is 335 g/mol. The zero-order chi connectivity index (χ0) is 14.4. The fourth-order valence-corrected chi connectivity index (χ4v) is 2.55. The molecule has 0 radical (unpaired) electrons. The first-order valence-corrected chi connectivity index (χ1v) is 7.93. The lowest BCUT2D eigenvalue weighted by Gasteiger charge is -2.18. The smallest absolute Gasteiger partial charge is 0.104 e. The van der Waals surface area contributed by atoms with Gasteiger partial charge in [-0.3, -0.25) is 0 Å². The second kappa shape index (κ2) is 7.65. The van der Waals surface area contributed by atoms with Gasteiger partial charge in [0.05, 0.1) is 6.26 Å². The van der Waals surface area contributed by atoms with Crippen LogP contribution in [0.25, 0.3) is 0 Å². The Morgan fingerprint density at radius 2 is 1.85 bits per heavy atom.